The minimum absolute atomic E-state index is 0.317. The van der Waals surface area contributed by atoms with Gasteiger partial charge < -0.3 is 9.84 Å². The number of carboxylic acids is 1. The van der Waals surface area contributed by atoms with Crippen molar-refractivity contribution >= 4 is 17.0 Å². The van der Waals surface area contributed by atoms with Crippen molar-refractivity contribution in [2.75, 3.05) is 6.54 Å². The molecule has 7 nitrogen and oxygen atoms in total. The third kappa shape index (κ3) is 4.96. The molecule has 4 aromatic rings. The van der Waals surface area contributed by atoms with Gasteiger partial charge in [-0.25, -0.2) is 0 Å². The van der Waals surface area contributed by atoms with Gasteiger partial charge >= 0.3 is 5.97 Å². The molecule has 0 saturated heterocycles. The van der Waals surface area contributed by atoms with Gasteiger partial charge in [-0.05, 0) is 67.6 Å². The van der Waals surface area contributed by atoms with Gasteiger partial charge in [0.15, 0.2) is 0 Å². The molecule has 0 aliphatic carbocycles. The molecular weight excluding hydrogens is 464 g/mol. The second kappa shape index (κ2) is 9.63. The van der Waals surface area contributed by atoms with Crippen molar-refractivity contribution in [3.05, 3.63) is 88.0 Å². The van der Waals surface area contributed by atoms with Crippen molar-refractivity contribution in [1.82, 2.24) is 20.3 Å². The number of para-hydroxylation sites is 1. The quantitative estimate of drug-likeness (QED) is 0.360. The number of H-pyrrole nitrogens is 1. The lowest BCUT2D eigenvalue weighted by Crippen LogP contribution is -2.40. The molecule has 7 heteroatoms. The standard InChI is InChI=1S/C30H34N4O3/c1-18-10-11-21(27(20(3)29(35)36)24-12-13-25-28(19(24)2)32-33-31-25)14-23(18)16-34-15-22-8-6-7-9-26(22)37-30(4,5)17-34/h6-14,20,27H,15-17H2,1-5H3,(H,35,36)(H,31,32,33)/t20-,27+/m1/s1. The Balaban J connectivity index is 1.53. The molecule has 0 bridgehead atoms. The highest BCUT2D eigenvalue weighted by Gasteiger charge is 2.31. The summed E-state index contributed by atoms with van der Waals surface area (Å²) < 4.78 is 6.34. The zero-order valence-corrected chi connectivity index (χ0v) is 22.1. The highest BCUT2D eigenvalue weighted by molar-refractivity contribution is 5.80. The lowest BCUT2D eigenvalue weighted by atomic mass is 9.79. The molecule has 3 aromatic carbocycles. The zero-order chi connectivity index (χ0) is 26.3. The number of carbonyl (C=O) groups is 1. The van der Waals surface area contributed by atoms with Crippen LogP contribution in [-0.2, 0) is 17.9 Å². The SMILES string of the molecule is Cc1ccc([C@@H](c2ccc3n[nH]nc3c2C)[C@@H](C)C(=O)O)cc1CN1Cc2ccccc2OC(C)(C)C1. The normalized spacial score (nSPS) is 17.0. The number of aliphatic carboxylic acids is 1. The Hall–Kier alpha value is -3.71. The van der Waals surface area contributed by atoms with Gasteiger partial charge in [0, 0.05) is 31.1 Å². The summed E-state index contributed by atoms with van der Waals surface area (Å²) in [5.41, 5.74) is 7.68. The number of hydrogen-bond acceptors (Lipinski definition) is 5. The van der Waals surface area contributed by atoms with E-state index in [-0.39, 0.29) is 11.5 Å². The number of hydrogen-bond donors (Lipinski definition) is 2. The lowest BCUT2D eigenvalue weighted by Gasteiger charge is -2.30. The maximum absolute atomic E-state index is 12.3. The number of aryl methyl sites for hydroxylation is 2. The Morgan fingerprint density at radius 1 is 1.14 bits per heavy atom. The summed E-state index contributed by atoms with van der Waals surface area (Å²) >= 11 is 0. The van der Waals surface area contributed by atoms with E-state index in [9.17, 15) is 9.90 Å². The van der Waals surface area contributed by atoms with E-state index in [2.05, 4.69) is 71.4 Å². The van der Waals surface area contributed by atoms with Crippen LogP contribution < -0.4 is 4.74 Å². The van der Waals surface area contributed by atoms with Crippen molar-refractivity contribution in [2.24, 2.45) is 5.92 Å². The first-order valence-electron chi connectivity index (χ1n) is 12.7. The summed E-state index contributed by atoms with van der Waals surface area (Å²) in [4.78, 5) is 14.7. The highest BCUT2D eigenvalue weighted by atomic mass is 16.5. The van der Waals surface area contributed by atoms with E-state index in [0.29, 0.717) is 0 Å². The van der Waals surface area contributed by atoms with Crippen molar-refractivity contribution < 1.29 is 14.6 Å². The number of aromatic amines is 1. The first-order chi connectivity index (χ1) is 17.6. The summed E-state index contributed by atoms with van der Waals surface area (Å²) in [7, 11) is 0. The van der Waals surface area contributed by atoms with Crippen molar-refractivity contribution in [3.63, 3.8) is 0 Å². The van der Waals surface area contributed by atoms with Gasteiger partial charge in [0.05, 0.1) is 5.92 Å². The molecule has 5 rings (SSSR count). The Bertz CT molecular complexity index is 1460. The second-order valence-corrected chi connectivity index (χ2v) is 10.9. The van der Waals surface area contributed by atoms with Crippen molar-refractivity contribution in [1.29, 1.82) is 0 Å². The molecule has 1 aromatic heterocycles. The summed E-state index contributed by atoms with van der Waals surface area (Å²) in [6, 6.07) is 18.5. The highest BCUT2D eigenvalue weighted by Crippen LogP contribution is 2.37. The van der Waals surface area contributed by atoms with Crippen LogP contribution in [0.2, 0.25) is 0 Å². The minimum atomic E-state index is -0.824. The van der Waals surface area contributed by atoms with Crippen LogP contribution >= 0.6 is 0 Å². The third-order valence-corrected chi connectivity index (χ3v) is 7.49. The number of aromatic nitrogens is 3. The van der Waals surface area contributed by atoms with Gasteiger partial charge in [-0.2, -0.15) is 15.4 Å². The zero-order valence-electron chi connectivity index (χ0n) is 22.1. The third-order valence-electron chi connectivity index (χ3n) is 7.49. The van der Waals surface area contributed by atoms with Crippen LogP contribution in [0.4, 0.5) is 0 Å². The topological polar surface area (TPSA) is 91.3 Å². The van der Waals surface area contributed by atoms with Gasteiger partial charge in [-0.1, -0.05) is 49.4 Å². The number of rotatable bonds is 6. The van der Waals surface area contributed by atoms with Gasteiger partial charge in [0.25, 0.3) is 0 Å². The number of carboxylic acid groups (broad SMARTS) is 1. The van der Waals surface area contributed by atoms with E-state index in [0.717, 1.165) is 53.1 Å². The molecule has 1 aliphatic heterocycles. The molecule has 1 aliphatic rings. The van der Waals surface area contributed by atoms with Crippen molar-refractivity contribution in [3.8, 4) is 5.75 Å². The first kappa shape index (κ1) is 25.0. The average molecular weight is 499 g/mol. The van der Waals surface area contributed by atoms with Crippen LogP contribution in [0, 0.1) is 19.8 Å². The van der Waals surface area contributed by atoms with Crippen LogP contribution in [0.15, 0.2) is 54.6 Å². The number of fused-ring (bicyclic) bond motifs is 2. The summed E-state index contributed by atoms with van der Waals surface area (Å²) in [5, 5.41) is 21.2. The van der Waals surface area contributed by atoms with E-state index in [4.69, 9.17) is 4.74 Å². The predicted octanol–water partition coefficient (Wildman–Crippen LogP) is 5.60. The summed E-state index contributed by atoms with van der Waals surface area (Å²) in [6.07, 6.45) is 0. The molecule has 0 amide bonds. The Labute approximate surface area is 217 Å². The molecule has 2 heterocycles. The van der Waals surface area contributed by atoms with Gasteiger partial charge in [-0.3, -0.25) is 9.69 Å². The molecule has 2 N–H and O–H groups in total. The van der Waals surface area contributed by atoms with Crippen LogP contribution in [0.5, 0.6) is 5.75 Å². The lowest BCUT2D eigenvalue weighted by molar-refractivity contribution is -0.141. The van der Waals surface area contributed by atoms with E-state index < -0.39 is 11.9 Å². The maximum Gasteiger partial charge on any atom is 0.307 e. The average Bonchev–Trinajstić information content (AvgIpc) is 3.28. The second-order valence-electron chi connectivity index (χ2n) is 10.9. The summed E-state index contributed by atoms with van der Waals surface area (Å²) in [5.74, 6) is -0.817. The number of ether oxygens (including phenoxy) is 1. The van der Waals surface area contributed by atoms with Crippen LogP contribution in [0.25, 0.3) is 11.0 Å². The molecule has 0 fully saturated rings. The van der Waals surface area contributed by atoms with Crippen LogP contribution in [0.3, 0.4) is 0 Å². The van der Waals surface area contributed by atoms with E-state index in [1.54, 1.807) is 6.92 Å². The first-order valence-corrected chi connectivity index (χ1v) is 12.7. The molecule has 0 saturated carbocycles. The van der Waals surface area contributed by atoms with Crippen LogP contribution in [-0.4, -0.2) is 43.5 Å². The predicted molar refractivity (Wildman–Crippen MR) is 144 cm³/mol. The molecule has 192 valence electrons. The largest absolute Gasteiger partial charge is 0.486 e. The van der Waals surface area contributed by atoms with E-state index in [1.807, 2.05) is 31.2 Å². The van der Waals surface area contributed by atoms with Gasteiger partial charge in [0.2, 0.25) is 0 Å². The fourth-order valence-electron chi connectivity index (χ4n) is 5.59. The summed E-state index contributed by atoms with van der Waals surface area (Å²) in [6.45, 7) is 12.5. The Morgan fingerprint density at radius 3 is 2.70 bits per heavy atom. The molecule has 2 atom stereocenters. The number of nitrogens with one attached hydrogen (secondary N) is 1. The van der Waals surface area contributed by atoms with Crippen molar-refractivity contribution in [2.45, 2.75) is 59.2 Å². The smallest absolute Gasteiger partial charge is 0.307 e. The fourth-order valence-corrected chi connectivity index (χ4v) is 5.59. The number of benzene rings is 3. The molecule has 0 radical (unpaired) electrons. The Kier molecular flexibility index (Phi) is 6.50. The minimum Gasteiger partial charge on any atom is -0.486 e. The Morgan fingerprint density at radius 2 is 1.92 bits per heavy atom. The van der Waals surface area contributed by atoms with Gasteiger partial charge in [0.1, 0.15) is 22.4 Å². The van der Waals surface area contributed by atoms with E-state index >= 15 is 0 Å². The number of nitrogens with zero attached hydrogens (tertiary/aromatic N) is 3. The molecule has 0 spiro atoms. The van der Waals surface area contributed by atoms with E-state index in [1.165, 1.54) is 16.7 Å². The van der Waals surface area contributed by atoms with Gasteiger partial charge in [-0.15, -0.1) is 0 Å². The van der Waals surface area contributed by atoms with Crippen LogP contribution in [0.1, 0.15) is 60.1 Å². The fraction of sp³-hybridized carbons (Fsp3) is 0.367. The maximum atomic E-state index is 12.3. The molecule has 37 heavy (non-hydrogen) atoms. The molecular formula is C30H34N4O3. The molecule has 0 unspecified atom stereocenters. The monoisotopic (exact) mass is 498 g/mol.